The van der Waals surface area contributed by atoms with Crippen LogP contribution in [0.3, 0.4) is 0 Å². The van der Waals surface area contributed by atoms with E-state index < -0.39 is 0 Å². The molecule has 2 aromatic heterocycles. The molecule has 1 saturated heterocycles. The first-order valence-corrected chi connectivity index (χ1v) is 10.6. The van der Waals surface area contributed by atoms with Gasteiger partial charge in [-0.05, 0) is 45.1 Å². The predicted octanol–water partition coefficient (Wildman–Crippen LogP) is 4.37. The number of fused-ring (bicyclic) bond motifs is 1. The van der Waals surface area contributed by atoms with Crippen molar-refractivity contribution >= 4 is 39.2 Å². The number of hydrogen-bond donors (Lipinski definition) is 0. The second-order valence-electron chi connectivity index (χ2n) is 6.39. The third-order valence-electron chi connectivity index (χ3n) is 4.56. The molecule has 0 unspecified atom stereocenters. The molecule has 4 nitrogen and oxygen atoms in total. The number of thiophene rings is 1. The molecule has 0 aromatic carbocycles. The zero-order valence-corrected chi connectivity index (χ0v) is 16.4. The Balaban J connectivity index is 1.82. The standard InChI is InChI=1S/C18H25N3OS2/c1-4-8-14-19-17(16-12(2)13(3)24-18(16)20-14)23-11-15(22)21-9-6-5-7-10-21/h4-11H2,1-3H3. The van der Waals surface area contributed by atoms with Crippen LogP contribution >= 0.6 is 23.1 Å². The van der Waals surface area contributed by atoms with E-state index in [1.165, 1.54) is 16.9 Å². The summed E-state index contributed by atoms with van der Waals surface area (Å²) < 4.78 is 0. The number of carbonyl (C=O) groups is 1. The minimum atomic E-state index is 0.244. The van der Waals surface area contributed by atoms with Crippen LogP contribution in [0.15, 0.2) is 5.03 Å². The minimum Gasteiger partial charge on any atom is -0.342 e. The van der Waals surface area contributed by atoms with Crippen molar-refractivity contribution in [1.29, 1.82) is 0 Å². The Morgan fingerprint density at radius 2 is 1.96 bits per heavy atom. The first kappa shape index (κ1) is 17.7. The van der Waals surface area contributed by atoms with Crippen molar-refractivity contribution in [3.63, 3.8) is 0 Å². The molecular formula is C18H25N3OS2. The summed E-state index contributed by atoms with van der Waals surface area (Å²) in [4.78, 5) is 26.3. The Bertz CT molecular complexity index is 735. The average molecular weight is 364 g/mol. The topological polar surface area (TPSA) is 46.1 Å². The van der Waals surface area contributed by atoms with Gasteiger partial charge in [0.2, 0.25) is 5.91 Å². The first-order chi connectivity index (χ1) is 11.6. The van der Waals surface area contributed by atoms with E-state index >= 15 is 0 Å². The van der Waals surface area contributed by atoms with E-state index in [1.54, 1.807) is 23.1 Å². The van der Waals surface area contributed by atoms with Crippen molar-refractivity contribution in [3.8, 4) is 0 Å². The molecule has 0 saturated carbocycles. The molecule has 1 amide bonds. The molecule has 0 N–H and O–H groups in total. The van der Waals surface area contributed by atoms with Crippen LogP contribution in [0.2, 0.25) is 0 Å². The van der Waals surface area contributed by atoms with Gasteiger partial charge in [0.1, 0.15) is 15.7 Å². The smallest absolute Gasteiger partial charge is 0.232 e. The third-order valence-corrected chi connectivity index (χ3v) is 6.62. The summed E-state index contributed by atoms with van der Waals surface area (Å²) in [6.45, 7) is 8.24. The number of aryl methyl sites for hydroxylation is 3. The van der Waals surface area contributed by atoms with Crippen LogP contribution in [0.4, 0.5) is 0 Å². The number of aromatic nitrogens is 2. The van der Waals surface area contributed by atoms with Crippen molar-refractivity contribution in [1.82, 2.24) is 14.9 Å². The van der Waals surface area contributed by atoms with E-state index in [1.807, 2.05) is 4.90 Å². The largest absolute Gasteiger partial charge is 0.342 e. The van der Waals surface area contributed by atoms with E-state index in [0.717, 1.165) is 59.8 Å². The van der Waals surface area contributed by atoms with Gasteiger partial charge < -0.3 is 4.90 Å². The van der Waals surface area contributed by atoms with Crippen LogP contribution in [0.1, 0.15) is 48.9 Å². The molecule has 1 aliphatic rings. The van der Waals surface area contributed by atoms with Gasteiger partial charge in [0.05, 0.1) is 5.75 Å². The summed E-state index contributed by atoms with van der Waals surface area (Å²) in [5.41, 5.74) is 1.26. The molecule has 130 valence electrons. The molecular weight excluding hydrogens is 338 g/mol. The van der Waals surface area contributed by atoms with Gasteiger partial charge in [0, 0.05) is 29.8 Å². The predicted molar refractivity (Wildman–Crippen MR) is 102 cm³/mol. The molecule has 0 atom stereocenters. The highest BCUT2D eigenvalue weighted by Crippen LogP contribution is 2.35. The molecule has 0 aliphatic carbocycles. The fourth-order valence-electron chi connectivity index (χ4n) is 3.06. The molecule has 1 aliphatic heterocycles. The third kappa shape index (κ3) is 3.75. The lowest BCUT2D eigenvalue weighted by molar-refractivity contribution is -0.129. The van der Waals surface area contributed by atoms with Crippen molar-refractivity contribution in [2.45, 2.75) is 57.9 Å². The van der Waals surface area contributed by atoms with E-state index in [2.05, 4.69) is 20.8 Å². The van der Waals surface area contributed by atoms with Crippen LogP contribution in [-0.2, 0) is 11.2 Å². The summed E-state index contributed by atoms with van der Waals surface area (Å²) in [5, 5.41) is 2.13. The number of nitrogens with zero attached hydrogens (tertiary/aromatic N) is 3. The second-order valence-corrected chi connectivity index (χ2v) is 8.56. The second kappa shape index (κ2) is 7.83. The monoisotopic (exact) mass is 363 g/mol. The zero-order chi connectivity index (χ0) is 17.1. The Hall–Kier alpha value is -1.14. The molecule has 0 radical (unpaired) electrons. The summed E-state index contributed by atoms with van der Waals surface area (Å²) in [6, 6.07) is 0. The fourth-order valence-corrected chi connectivity index (χ4v) is 5.18. The number of piperidine rings is 1. The maximum atomic E-state index is 12.5. The first-order valence-electron chi connectivity index (χ1n) is 8.77. The zero-order valence-electron chi connectivity index (χ0n) is 14.7. The summed E-state index contributed by atoms with van der Waals surface area (Å²) in [5.74, 6) is 1.62. The van der Waals surface area contributed by atoms with Gasteiger partial charge in [-0.25, -0.2) is 9.97 Å². The Morgan fingerprint density at radius 3 is 2.67 bits per heavy atom. The van der Waals surface area contributed by atoms with Crippen molar-refractivity contribution in [2.75, 3.05) is 18.8 Å². The average Bonchev–Trinajstić information content (AvgIpc) is 2.88. The number of carbonyl (C=O) groups excluding carboxylic acids is 1. The highest BCUT2D eigenvalue weighted by atomic mass is 32.2. The molecule has 3 heterocycles. The number of thioether (sulfide) groups is 1. The number of likely N-dealkylation sites (tertiary alicyclic amines) is 1. The summed E-state index contributed by atoms with van der Waals surface area (Å²) >= 11 is 3.32. The molecule has 1 fully saturated rings. The Morgan fingerprint density at radius 1 is 1.21 bits per heavy atom. The highest BCUT2D eigenvalue weighted by Gasteiger charge is 2.19. The summed E-state index contributed by atoms with van der Waals surface area (Å²) in [7, 11) is 0. The highest BCUT2D eigenvalue weighted by molar-refractivity contribution is 8.00. The van der Waals surface area contributed by atoms with Crippen LogP contribution in [0, 0.1) is 13.8 Å². The van der Waals surface area contributed by atoms with Crippen molar-refractivity contribution < 1.29 is 4.79 Å². The summed E-state index contributed by atoms with van der Waals surface area (Å²) in [6.07, 6.45) is 5.44. The maximum Gasteiger partial charge on any atom is 0.232 e. The quantitative estimate of drug-likeness (QED) is 0.585. The van der Waals surface area contributed by atoms with Gasteiger partial charge in [0.25, 0.3) is 0 Å². The normalized spacial score (nSPS) is 15.2. The van der Waals surface area contributed by atoms with Crippen LogP contribution < -0.4 is 0 Å². The van der Waals surface area contributed by atoms with Gasteiger partial charge in [-0.1, -0.05) is 18.7 Å². The van der Waals surface area contributed by atoms with Crippen molar-refractivity contribution in [3.05, 3.63) is 16.3 Å². The van der Waals surface area contributed by atoms with E-state index in [4.69, 9.17) is 9.97 Å². The van der Waals surface area contributed by atoms with Gasteiger partial charge in [-0.15, -0.1) is 11.3 Å². The van der Waals surface area contributed by atoms with E-state index in [9.17, 15) is 4.79 Å². The van der Waals surface area contributed by atoms with Gasteiger partial charge in [0.15, 0.2) is 0 Å². The molecule has 2 aromatic rings. The van der Waals surface area contributed by atoms with E-state index in [0.29, 0.717) is 5.75 Å². The van der Waals surface area contributed by atoms with Crippen molar-refractivity contribution in [2.24, 2.45) is 0 Å². The SMILES string of the molecule is CCCc1nc(SCC(=O)N2CCCCC2)c2c(C)c(C)sc2n1. The maximum absolute atomic E-state index is 12.5. The number of amides is 1. The van der Waals surface area contributed by atoms with Gasteiger partial charge in [-0.3, -0.25) is 4.79 Å². The fraction of sp³-hybridized carbons (Fsp3) is 0.611. The lowest BCUT2D eigenvalue weighted by Crippen LogP contribution is -2.36. The van der Waals surface area contributed by atoms with E-state index in [-0.39, 0.29) is 5.91 Å². The molecule has 0 spiro atoms. The van der Waals surface area contributed by atoms with Crippen LogP contribution in [0.5, 0.6) is 0 Å². The number of rotatable bonds is 5. The molecule has 6 heteroatoms. The lowest BCUT2D eigenvalue weighted by Gasteiger charge is -2.26. The minimum absolute atomic E-state index is 0.244. The van der Waals surface area contributed by atoms with Gasteiger partial charge >= 0.3 is 0 Å². The molecule has 24 heavy (non-hydrogen) atoms. The molecule has 3 rings (SSSR count). The number of hydrogen-bond acceptors (Lipinski definition) is 5. The van der Waals surface area contributed by atoms with Crippen LogP contribution in [0.25, 0.3) is 10.2 Å². The van der Waals surface area contributed by atoms with Gasteiger partial charge in [-0.2, -0.15) is 0 Å². The van der Waals surface area contributed by atoms with Crippen LogP contribution in [-0.4, -0.2) is 39.6 Å². The Labute approximate surface area is 152 Å². The Kier molecular flexibility index (Phi) is 5.76. The molecule has 0 bridgehead atoms. The lowest BCUT2D eigenvalue weighted by atomic mass is 10.1.